The summed E-state index contributed by atoms with van der Waals surface area (Å²) in [4.78, 5) is 72.3. The highest BCUT2D eigenvalue weighted by Crippen LogP contribution is 2.62. The molecule has 4 fully saturated rings. The number of pyridine rings is 1. The van der Waals surface area contributed by atoms with Gasteiger partial charge in [0, 0.05) is 48.0 Å². The molecule has 1 aromatic carbocycles. The molecule has 0 spiro atoms. The van der Waals surface area contributed by atoms with E-state index in [1.807, 2.05) is 52.0 Å². The fourth-order valence-electron chi connectivity index (χ4n) is 8.61. The predicted molar refractivity (Wildman–Crippen MR) is 186 cm³/mol. The Hall–Kier alpha value is -5.00. The molecule has 4 aromatic rings. The normalized spacial score (nSPS) is 27.7. The Balaban J connectivity index is 1.08. The summed E-state index contributed by atoms with van der Waals surface area (Å²) in [5.74, 6) is 0.337. The van der Waals surface area contributed by atoms with Crippen LogP contribution in [0.1, 0.15) is 79.6 Å². The van der Waals surface area contributed by atoms with Crippen LogP contribution in [0.3, 0.4) is 0 Å². The van der Waals surface area contributed by atoms with Crippen molar-refractivity contribution in [2.75, 3.05) is 5.32 Å². The molecule has 4 aliphatic rings. The van der Waals surface area contributed by atoms with Crippen LogP contribution in [0, 0.1) is 38.5 Å². The molecule has 0 unspecified atom stereocenters. The van der Waals surface area contributed by atoms with Crippen LogP contribution >= 0.6 is 0 Å². The standard InChI is InChI=1S/C38H42N8O4/c1-19-8-9-21(3)41-34(19)42-35(49)27-12-37(6)15-30(37)46(27)36(50)28-13-38(7)14-29(38)45(28)31(48)18-44-33-20(2)10-24(25-16-39-23(5)40-17-25)11-26(33)32(43-44)22(4)47/h8-11,16-17,27-30H,12-15,18H2,1-7H3,(H,41,42,49)/t27-,28-,29+,30+,37-,38-/m0/s1. The molecule has 5 heterocycles. The van der Waals surface area contributed by atoms with Crippen molar-refractivity contribution in [1.29, 1.82) is 0 Å². The zero-order valence-electron chi connectivity index (χ0n) is 29.6. The fourth-order valence-corrected chi connectivity index (χ4v) is 8.61. The molecule has 0 bridgehead atoms. The van der Waals surface area contributed by atoms with E-state index in [0.29, 0.717) is 35.4 Å². The van der Waals surface area contributed by atoms with Crippen LogP contribution in [0.25, 0.3) is 22.0 Å². The summed E-state index contributed by atoms with van der Waals surface area (Å²) in [5.41, 5.74) is 4.89. The lowest BCUT2D eigenvalue weighted by molar-refractivity contribution is -0.148. The summed E-state index contributed by atoms with van der Waals surface area (Å²) >= 11 is 0. The molecule has 8 rings (SSSR count). The zero-order valence-corrected chi connectivity index (χ0v) is 29.6. The number of Topliss-reactive ketones (excluding diaryl/α,β-unsaturated/α-hetero) is 1. The number of aryl methyl sites for hydroxylation is 4. The number of carbonyl (C=O) groups is 4. The second-order valence-electron chi connectivity index (χ2n) is 15.6. The van der Waals surface area contributed by atoms with Crippen LogP contribution in [0.4, 0.5) is 5.82 Å². The molecule has 2 saturated carbocycles. The van der Waals surface area contributed by atoms with Crippen molar-refractivity contribution in [2.24, 2.45) is 10.8 Å². The summed E-state index contributed by atoms with van der Waals surface area (Å²) < 4.78 is 1.61. The molecule has 2 saturated heterocycles. The number of nitrogens with one attached hydrogen (secondary N) is 1. The van der Waals surface area contributed by atoms with Crippen LogP contribution in [-0.4, -0.2) is 82.2 Å². The van der Waals surface area contributed by atoms with Crippen molar-refractivity contribution < 1.29 is 19.2 Å². The topological polar surface area (TPSA) is 143 Å². The lowest BCUT2D eigenvalue weighted by atomic mass is 9.99. The Bertz CT molecular complexity index is 2140. The minimum Gasteiger partial charge on any atom is -0.325 e. The van der Waals surface area contributed by atoms with Gasteiger partial charge in [-0.2, -0.15) is 5.10 Å². The van der Waals surface area contributed by atoms with Crippen molar-refractivity contribution in [3.8, 4) is 11.1 Å². The molecule has 3 amide bonds. The first-order valence-corrected chi connectivity index (χ1v) is 17.4. The average Bonchev–Trinajstić information content (AvgIpc) is 3.74. The van der Waals surface area contributed by atoms with Crippen molar-refractivity contribution in [2.45, 2.75) is 105 Å². The Morgan fingerprint density at radius 2 is 1.50 bits per heavy atom. The number of piperidine rings is 2. The number of nitrogens with zero attached hydrogens (tertiary/aromatic N) is 7. The van der Waals surface area contributed by atoms with Gasteiger partial charge in [-0.3, -0.25) is 23.9 Å². The molecule has 258 valence electrons. The van der Waals surface area contributed by atoms with E-state index in [9.17, 15) is 19.2 Å². The van der Waals surface area contributed by atoms with Crippen molar-refractivity contribution in [3.05, 3.63) is 65.0 Å². The number of benzene rings is 1. The van der Waals surface area contributed by atoms with Gasteiger partial charge in [0.2, 0.25) is 17.7 Å². The molecular weight excluding hydrogens is 632 g/mol. The highest BCUT2D eigenvalue weighted by atomic mass is 16.2. The van der Waals surface area contributed by atoms with Crippen LogP contribution < -0.4 is 5.32 Å². The molecule has 0 radical (unpaired) electrons. The fraction of sp³-hybridized carbons (Fsp3) is 0.474. The average molecular weight is 675 g/mol. The highest BCUT2D eigenvalue weighted by Gasteiger charge is 2.69. The summed E-state index contributed by atoms with van der Waals surface area (Å²) in [6, 6.07) is 6.30. The maximum atomic E-state index is 14.6. The van der Waals surface area contributed by atoms with E-state index >= 15 is 0 Å². The van der Waals surface area contributed by atoms with E-state index in [4.69, 9.17) is 0 Å². The Morgan fingerprint density at radius 3 is 2.18 bits per heavy atom. The summed E-state index contributed by atoms with van der Waals surface area (Å²) in [6.07, 6.45) is 6.29. The quantitative estimate of drug-likeness (QED) is 0.278. The number of aromatic nitrogens is 5. The Morgan fingerprint density at radius 1 is 0.840 bits per heavy atom. The van der Waals surface area contributed by atoms with Gasteiger partial charge in [0.1, 0.15) is 36.0 Å². The van der Waals surface area contributed by atoms with Gasteiger partial charge in [-0.25, -0.2) is 15.0 Å². The van der Waals surface area contributed by atoms with Gasteiger partial charge in [0.05, 0.1) is 5.52 Å². The second kappa shape index (κ2) is 11.0. The minimum atomic E-state index is -0.674. The van der Waals surface area contributed by atoms with Crippen LogP contribution in [0.2, 0.25) is 0 Å². The summed E-state index contributed by atoms with van der Waals surface area (Å²) in [6.45, 7) is 13.2. The number of fused-ring (bicyclic) bond motifs is 3. The number of carbonyl (C=O) groups excluding carboxylic acids is 4. The smallest absolute Gasteiger partial charge is 0.248 e. The van der Waals surface area contributed by atoms with E-state index in [1.165, 1.54) is 6.92 Å². The third-order valence-corrected chi connectivity index (χ3v) is 11.6. The largest absolute Gasteiger partial charge is 0.325 e. The molecule has 6 atom stereocenters. The molecule has 2 aliphatic carbocycles. The van der Waals surface area contributed by atoms with E-state index in [1.54, 1.807) is 26.9 Å². The van der Waals surface area contributed by atoms with Crippen LogP contribution in [-0.2, 0) is 20.9 Å². The highest BCUT2D eigenvalue weighted by molar-refractivity contribution is 6.07. The number of anilines is 1. The number of hydrogen-bond donors (Lipinski definition) is 1. The lowest BCUT2D eigenvalue weighted by Crippen LogP contribution is -2.54. The summed E-state index contributed by atoms with van der Waals surface area (Å²) in [5, 5.41) is 8.32. The van der Waals surface area contributed by atoms with Gasteiger partial charge in [-0.1, -0.05) is 19.9 Å². The van der Waals surface area contributed by atoms with Gasteiger partial charge >= 0.3 is 0 Å². The van der Waals surface area contributed by atoms with Gasteiger partial charge < -0.3 is 15.1 Å². The molecule has 12 nitrogen and oxygen atoms in total. The van der Waals surface area contributed by atoms with Gasteiger partial charge in [-0.05, 0) is 99.1 Å². The molecule has 12 heteroatoms. The number of rotatable bonds is 7. The lowest BCUT2D eigenvalue weighted by Gasteiger charge is -2.34. The maximum Gasteiger partial charge on any atom is 0.248 e. The zero-order chi connectivity index (χ0) is 35.4. The van der Waals surface area contributed by atoms with Crippen molar-refractivity contribution in [3.63, 3.8) is 0 Å². The summed E-state index contributed by atoms with van der Waals surface area (Å²) in [7, 11) is 0. The van der Waals surface area contributed by atoms with Crippen LogP contribution in [0.15, 0.2) is 36.7 Å². The third kappa shape index (κ3) is 5.10. The van der Waals surface area contributed by atoms with Gasteiger partial charge in [0.25, 0.3) is 0 Å². The number of ketones is 1. The maximum absolute atomic E-state index is 14.6. The minimum absolute atomic E-state index is 0.0389. The number of hydrogen-bond acceptors (Lipinski definition) is 8. The van der Waals surface area contributed by atoms with Crippen molar-refractivity contribution in [1.82, 2.24) is 34.5 Å². The van der Waals surface area contributed by atoms with Gasteiger partial charge in [-0.15, -0.1) is 0 Å². The Kier molecular flexibility index (Phi) is 7.09. The second-order valence-corrected chi connectivity index (χ2v) is 15.6. The Labute approximate surface area is 290 Å². The van der Waals surface area contributed by atoms with Crippen molar-refractivity contribution >= 4 is 40.2 Å². The van der Waals surface area contributed by atoms with E-state index in [0.717, 1.165) is 40.8 Å². The SMILES string of the molecule is CC(=O)c1nn(CC(=O)N2[C@H](C(=O)N3[C@H](C(=O)Nc4nc(C)ccc4C)C[C@@]4(C)C[C@@H]34)C[C@@]3(C)C[C@@H]23)c2c(C)cc(-c3cnc(C)nc3)cc12. The van der Waals surface area contributed by atoms with Gasteiger partial charge in [0.15, 0.2) is 5.78 Å². The molecular formula is C38H42N8O4. The molecule has 3 aromatic heterocycles. The first-order valence-electron chi connectivity index (χ1n) is 17.4. The first kappa shape index (κ1) is 32.2. The monoisotopic (exact) mass is 674 g/mol. The number of amides is 3. The molecule has 2 aliphatic heterocycles. The third-order valence-electron chi connectivity index (χ3n) is 11.6. The molecule has 50 heavy (non-hydrogen) atoms. The predicted octanol–water partition coefficient (Wildman–Crippen LogP) is 4.72. The first-order chi connectivity index (χ1) is 23.7. The number of likely N-dealkylation sites (tertiary alicyclic amines) is 2. The van der Waals surface area contributed by atoms with Crippen LogP contribution in [0.5, 0.6) is 0 Å². The molecule has 1 N–H and O–H groups in total. The van der Waals surface area contributed by atoms with E-state index in [2.05, 4.69) is 39.2 Å². The van der Waals surface area contributed by atoms with E-state index < -0.39 is 12.1 Å². The van der Waals surface area contributed by atoms with E-state index in [-0.39, 0.29) is 58.7 Å².